The topological polar surface area (TPSA) is 68.4 Å². The zero-order valence-electron chi connectivity index (χ0n) is 11.7. The molecule has 1 N–H and O–H groups in total. The zero-order chi connectivity index (χ0) is 14.8. The Morgan fingerprint density at radius 3 is 2.76 bits per heavy atom. The lowest BCUT2D eigenvalue weighted by Gasteiger charge is -2.00. The lowest BCUT2D eigenvalue weighted by Crippen LogP contribution is -1.85. The van der Waals surface area contributed by atoms with Gasteiger partial charge in [0.15, 0.2) is 0 Å². The number of hydrogen-bond donors (Lipinski definition) is 1. The predicted octanol–water partition coefficient (Wildman–Crippen LogP) is 3.43. The summed E-state index contributed by atoms with van der Waals surface area (Å²) in [6, 6.07) is 12.7. The second-order valence-corrected chi connectivity index (χ2v) is 4.68. The summed E-state index contributed by atoms with van der Waals surface area (Å²) in [5.74, 6) is 1.57. The van der Waals surface area contributed by atoms with Gasteiger partial charge in [-0.3, -0.25) is 0 Å². The van der Waals surface area contributed by atoms with Crippen LogP contribution in [0.1, 0.15) is 5.56 Å². The van der Waals surface area contributed by atoms with E-state index >= 15 is 0 Å². The highest BCUT2D eigenvalue weighted by molar-refractivity contribution is 5.65. The van der Waals surface area contributed by atoms with Crippen LogP contribution < -0.4 is 4.74 Å². The van der Waals surface area contributed by atoms with Gasteiger partial charge in [-0.2, -0.15) is 4.98 Å². The van der Waals surface area contributed by atoms with Gasteiger partial charge in [-0.1, -0.05) is 23.4 Å². The summed E-state index contributed by atoms with van der Waals surface area (Å²) in [6.45, 7) is 1.90. The number of aryl methyl sites for hydroxylation is 1. The molecule has 0 atom stereocenters. The van der Waals surface area contributed by atoms with Crippen molar-refractivity contribution in [2.24, 2.45) is 0 Å². The van der Waals surface area contributed by atoms with E-state index in [1.807, 2.05) is 37.3 Å². The van der Waals surface area contributed by atoms with Gasteiger partial charge in [-0.25, -0.2) is 0 Å². The van der Waals surface area contributed by atoms with Gasteiger partial charge < -0.3 is 14.4 Å². The van der Waals surface area contributed by atoms with Crippen molar-refractivity contribution in [3.63, 3.8) is 0 Å². The van der Waals surface area contributed by atoms with Gasteiger partial charge >= 0.3 is 0 Å². The smallest absolute Gasteiger partial charge is 0.261 e. The van der Waals surface area contributed by atoms with Crippen LogP contribution in [0.2, 0.25) is 0 Å². The molecule has 0 spiro atoms. The van der Waals surface area contributed by atoms with Gasteiger partial charge in [0.05, 0.1) is 12.7 Å². The van der Waals surface area contributed by atoms with Gasteiger partial charge in [0.2, 0.25) is 5.82 Å². The van der Waals surface area contributed by atoms with E-state index in [1.54, 1.807) is 19.2 Å². The van der Waals surface area contributed by atoms with Crippen molar-refractivity contribution in [2.75, 3.05) is 7.11 Å². The van der Waals surface area contributed by atoms with Crippen molar-refractivity contribution in [1.29, 1.82) is 0 Å². The Balaban J connectivity index is 1.99. The molecule has 5 heteroatoms. The van der Waals surface area contributed by atoms with E-state index in [0.29, 0.717) is 11.4 Å². The third-order valence-corrected chi connectivity index (χ3v) is 3.14. The summed E-state index contributed by atoms with van der Waals surface area (Å²) >= 11 is 0. The van der Waals surface area contributed by atoms with Crippen molar-refractivity contribution in [1.82, 2.24) is 10.1 Å². The highest BCUT2D eigenvalue weighted by Crippen LogP contribution is 2.30. The molecule has 0 bridgehead atoms. The first kappa shape index (κ1) is 13.2. The van der Waals surface area contributed by atoms with E-state index in [1.165, 1.54) is 0 Å². The normalized spacial score (nSPS) is 10.6. The highest BCUT2D eigenvalue weighted by Gasteiger charge is 2.14. The zero-order valence-corrected chi connectivity index (χ0v) is 11.7. The molecule has 0 aliphatic carbocycles. The van der Waals surface area contributed by atoms with Crippen LogP contribution in [-0.2, 0) is 0 Å². The molecule has 106 valence electrons. The number of nitrogens with zero attached hydrogens (tertiary/aromatic N) is 2. The summed E-state index contributed by atoms with van der Waals surface area (Å²) in [7, 11) is 1.60. The van der Waals surface area contributed by atoms with Crippen molar-refractivity contribution < 1.29 is 14.4 Å². The third kappa shape index (κ3) is 2.58. The molecule has 2 aromatic carbocycles. The summed E-state index contributed by atoms with van der Waals surface area (Å²) < 4.78 is 10.4. The average molecular weight is 282 g/mol. The molecule has 5 nitrogen and oxygen atoms in total. The number of aromatic hydroxyl groups is 1. The standard InChI is InChI=1S/C16H14N2O3/c1-10-6-7-13(14(19)8-10)16-17-15(18-21-16)11-4-3-5-12(9-11)20-2/h3-9,19H,1-2H3. The van der Waals surface area contributed by atoms with E-state index in [4.69, 9.17) is 9.26 Å². The Hall–Kier alpha value is -2.82. The summed E-state index contributed by atoms with van der Waals surface area (Å²) in [5, 5.41) is 13.9. The van der Waals surface area contributed by atoms with E-state index in [2.05, 4.69) is 10.1 Å². The molecule has 0 unspecified atom stereocenters. The van der Waals surface area contributed by atoms with E-state index in [0.717, 1.165) is 16.9 Å². The van der Waals surface area contributed by atoms with Crippen molar-refractivity contribution in [3.05, 3.63) is 48.0 Å². The minimum atomic E-state index is 0.121. The third-order valence-electron chi connectivity index (χ3n) is 3.14. The Morgan fingerprint density at radius 2 is 2.00 bits per heavy atom. The molecule has 1 aromatic heterocycles. The molecule has 0 saturated heterocycles. The molecule has 3 rings (SSSR count). The van der Waals surface area contributed by atoms with E-state index in [9.17, 15) is 5.11 Å². The Bertz CT molecular complexity index is 781. The van der Waals surface area contributed by atoms with Crippen molar-refractivity contribution >= 4 is 0 Å². The fraction of sp³-hybridized carbons (Fsp3) is 0.125. The molecular weight excluding hydrogens is 268 g/mol. The van der Waals surface area contributed by atoms with Gasteiger partial charge in [0.25, 0.3) is 5.89 Å². The molecule has 0 radical (unpaired) electrons. The molecule has 1 heterocycles. The van der Waals surface area contributed by atoms with Gasteiger partial charge in [0, 0.05) is 5.56 Å². The summed E-state index contributed by atoms with van der Waals surface area (Å²) in [4.78, 5) is 4.32. The van der Waals surface area contributed by atoms with Crippen LogP contribution in [-0.4, -0.2) is 22.4 Å². The average Bonchev–Trinajstić information content (AvgIpc) is 2.97. The number of hydrogen-bond acceptors (Lipinski definition) is 5. The molecule has 0 fully saturated rings. The second kappa shape index (κ2) is 5.28. The SMILES string of the molecule is COc1cccc(-c2noc(-c3ccc(C)cc3O)n2)c1. The minimum absolute atomic E-state index is 0.121. The van der Waals surface area contributed by atoms with Crippen molar-refractivity contribution in [2.45, 2.75) is 6.92 Å². The van der Waals surface area contributed by atoms with Crippen LogP contribution in [0.3, 0.4) is 0 Å². The molecule has 0 aliphatic heterocycles. The quantitative estimate of drug-likeness (QED) is 0.797. The Morgan fingerprint density at radius 1 is 1.14 bits per heavy atom. The van der Waals surface area contributed by atoms with Gasteiger partial charge in [0.1, 0.15) is 11.5 Å². The molecule has 0 amide bonds. The largest absolute Gasteiger partial charge is 0.507 e. The fourth-order valence-corrected chi connectivity index (χ4v) is 2.03. The predicted molar refractivity (Wildman–Crippen MR) is 78.1 cm³/mol. The summed E-state index contributed by atoms with van der Waals surface area (Å²) in [5.41, 5.74) is 2.27. The Labute approximate surface area is 121 Å². The maximum atomic E-state index is 9.96. The van der Waals surface area contributed by atoms with Gasteiger partial charge in [-0.05, 0) is 36.8 Å². The van der Waals surface area contributed by atoms with Crippen LogP contribution in [0.25, 0.3) is 22.8 Å². The molecule has 0 aliphatic rings. The highest BCUT2D eigenvalue weighted by atomic mass is 16.5. The number of phenols is 1. The lowest BCUT2D eigenvalue weighted by atomic mass is 10.1. The van der Waals surface area contributed by atoms with Crippen LogP contribution >= 0.6 is 0 Å². The monoisotopic (exact) mass is 282 g/mol. The number of rotatable bonds is 3. The maximum Gasteiger partial charge on any atom is 0.261 e. The van der Waals surface area contributed by atoms with Gasteiger partial charge in [-0.15, -0.1) is 0 Å². The number of aromatic nitrogens is 2. The van der Waals surface area contributed by atoms with E-state index < -0.39 is 0 Å². The number of phenolic OH excluding ortho intramolecular Hbond substituents is 1. The second-order valence-electron chi connectivity index (χ2n) is 4.68. The molecular formula is C16H14N2O3. The molecule has 3 aromatic rings. The number of methoxy groups -OCH3 is 1. The first-order valence-corrected chi connectivity index (χ1v) is 6.45. The van der Waals surface area contributed by atoms with E-state index in [-0.39, 0.29) is 11.6 Å². The number of benzene rings is 2. The fourth-order valence-electron chi connectivity index (χ4n) is 2.03. The Kier molecular flexibility index (Phi) is 3.31. The minimum Gasteiger partial charge on any atom is -0.507 e. The van der Waals surface area contributed by atoms with Crippen LogP contribution in [0, 0.1) is 6.92 Å². The van der Waals surface area contributed by atoms with Crippen molar-refractivity contribution in [3.8, 4) is 34.3 Å². The molecule has 21 heavy (non-hydrogen) atoms. The van der Waals surface area contributed by atoms with Crippen LogP contribution in [0.4, 0.5) is 0 Å². The van der Waals surface area contributed by atoms with Crippen LogP contribution in [0.15, 0.2) is 47.0 Å². The molecule has 0 saturated carbocycles. The summed E-state index contributed by atoms with van der Waals surface area (Å²) in [6.07, 6.45) is 0. The number of ether oxygens (including phenoxy) is 1. The first-order valence-electron chi connectivity index (χ1n) is 6.45. The maximum absolute atomic E-state index is 9.96. The first-order chi connectivity index (χ1) is 10.2. The van der Waals surface area contributed by atoms with Crippen LogP contribution in [0.5, 0.6) is 11.5 Å². The lowest BCUT2D eigenvalue weighted by molar-refractivity contribution is 0.414.